The second-order valence-electron chi connectivity index (χ2n) is 7.14. The largest absolute Gasteiger partial charge is 0.269 e. The standard InChI is InChI=1S/C23H21FN2O2/c1-3-4-12-20-18(13-15-8-7-11-19(24)21(15)25-20)14(2)26-22(27)16-9-5-6-10-17(16)23(26)28/h5-11,13-14H,3-4,12H2,1-2H3/t14-/m0/s1. The molecule has 0 aliphatic carbocycles. The molecule has 0 unspecified atom stereocenters. The first-order chi connectivity index (χ1) is 13.5. The highest BCUT2D eigenvalue weighted by atomic mass is 19.1. The molecule has 0 bridgehead atoms. The van der Waals surface area contributed by atoms with Crippen molar-refractivity contribution in [1.82, 2.24) is 9.88 Å². The number of hydrogen-bond donors (Lipinski definition) is 0. The monoisotopic (exact) mass is 376 g/mol. The molecule has 3 aromatic rings. The van der Waals surface area contributed by atoms with Crippen LogP contribution in [-0.4, -0.2) is 21.7 Å². The van der Waals surface area contributed by atoms with Gasteiger partial charge in [0.2, 0.25) is 0 Å². The van der Waals surface area contributed by atoms with E-state index in [1.807, 2.05) is 13.0 Å². The highest BCUT2D eigenvalue weighted by Gasteiger charge is 2.39. The van der Waals surface area contributed by atoms with Crippen molar-refractivity contribution in [2.24, 2.45) is 0 Å². The van der Waals surface area contributed by atoms with Crippen molar-refractivity contribution in [3.05, 3.63) is 76.7 Å². The predicted molar refractivity (Wildman–Crippen MR) is 106 cm³/mol. The number of halogens is 1. The van der Waals surface area contributed by atoms with Crippen molar-refractivity contribution < 1.29 is 14.0 Å². The molecule has 1 aliphatic rings. The van der Waals surface area contributed by atoms with Gasteiger partial charge in [0.1, 0.15) is 11.3 Å². The van der Waals surface area contributed by atoms with Gasteiger partial charge >= 0.3 is 0 Å². The van der Waals surface area contributed by atoms with Gasteiger partial charge in [0, 0.05) is 11.1 Å². The van der Waals surface area contributed by atoms with Crippen molar-refractivity contribution in [3.63, 3.8) is 0 Å². The minimum absolute atomic E-state index is 0.297. The third-order valence-corrected chi connectivity index (χ3v) is 5.34. The highest BCUT2D eigenvalue weighted by molar-refractivity contribution is 6.21. The number of aromatic nitrogens is 1. The summed E-state index contributed by atoms with van der Waals surface area (Å²) in [5.41, 5.74) is 2.71. The van der Waals surface area contributed by atoms with Gasteiger partial charge in [-0.05, 0) is 49.6 Å². The van der Waals surface area contributed by atoms with E-state index >= 15 is 0 Å². The second kappa shape index (κ2) is 7.15. The Morgan fingerprint density at radius 2 is 1.71 bits per heavy atom. The maximum atomic E-state index is 14.2. The normalized spacial score (nSPS) is 14.6. The molecule has 0 saturated heterocycles. The zero-order chi connectivity index (χ0) is 19.8. The molecule has 4 rings (SSSR count). The first-order valence-corrected chi connectivity index (χ1v) is 9.58. The maximum Gasteiger partial charge on any atom is 0.262 e. The fraction of sp³-hybridized carbons (Fsp3) is 0.261. The van der Waals surface area contributed by atoms with Gasteiger partial charge in [-0.1, -0.05) is 37.6 Å². The Balaban J connectivity index is 1.81. The number of carbonyl (C=O) groups is 2. The van der Waals surface area contributed by atoms with Crippen LogP contribution in [0.1, 0.15) is 64.7 Å². The van der Waals surface area contributed by atoms with Gasteiger partial charge in [0.15, 0.2) is 0 Å². The van der Waals surface area contributed by atoms with Gasteiger partial charge in [-0.15, -0.1) is 0 Å². The molecule has 1 aromatic heterocycles. The van der Waals surface area contributed by atoms with Gasteiger partial charge in [0.25, 0.3) is 11.8 Å². The van der Waals surface area contributed by atoms with Crippen molar-refractivity contribution >= 4 is 22.7 Å². The Kier molecular flexibility index (Phi) is 4.67. The molecule has 1 atom stereocenters. The highest BCUT2D eigenvalue weighted by Crippen LogP contribution is 2.34. The molecule has 4 nitrogen and oxygen atoms in total. The summed E-state index contributed by atoms with van der Waals surface area (Å²) in [4.78, 5) is 31.7. The van der Waals surface area contributed by atoms with E-state index in [4.69, 9.17) is 0 Å². The number of nitrogens with zero attached hydrogens (tertiary/aromatic N) is 2. The molecule has 142 valence electrons. The average Bonchev–Trinajstić information content (AvgIpc) is 2.96. The van der Waals surface area contributed by atoms with Crippen molar-refractivity contribution in [1.29, 1.82) is 0 Å². The Morgan fingerprint density at radius 1 is 1.04 bits per heavy atom. The van der Waals surface area contributed by atoms with Crippen molar-refractivity contribution in [2.75, 3.05) is 0 Å². The summed E-state index contributed by atoms with van der Waals surface area (Å²) in [5.74, 6) is -0.960. The molecule has 28 heavy (non-hydrogen) atoms. The molecule has 5 heteroatoms. The van der Waals surface area contributed by atoms with Crippen LogP contribution in [0.15, 0.2) is 48.5 Å². The lowest BCUT2D eigenvalue weighted by Gasteiger charge is -2.25. The van der Waals surface area contributed by atoms with Crippen LogP contribution in [0.4, 0.5) is 4.39 Å². The molecule has 0 spiro atoms. The number of hydrogen-bond acceptors (Lipinski definition) is 3. The van der Waals surface area contributed by atoms with Gasteiger partial charge in [-0.3, -0.25) is 14.5 Å². The number of carbonyl (C=O) groups excluding carboxylic acids is 2. The lowest BCUT2D eigenvalue weighted by Crippen LogP contribution is -2.33. The Bertz CT molecular complexity index is 1060. The number of benzene rings is 2. The number of amides is 2. The molecule has 1 aliphatic heterocycles. The van der Waals surface area contributed by atoms with Crippen LogP contribution in [-0.2, 0) is 6.42 Å². The average molecular weight is 376 g/mol. The number of para-hydroxylation sites is 1. The Hall–Kier alpha value is -3.08. The van der Waals surface area contributed by atoms with E-state index in [0.717, 1.165) is 24.1 Å². The third-order valence-electron chi connectivity index (χ3n) is 5.34. The molecule has 0 radical (unpaired) electrons. The van der Waals surface area contributed by atoms with Crippen LogP contribution in [0, 0.1) is 5.82 Å². The SMILES string of the molecule is CCCCc1nc2c(F)cccc2cc1[C@H](C)N1C(=O)c2ccccc2C1=O. The quantitative estimate of drug-likeness (QED) is 0.584. The van der Waals surface area contributed by atoms with E-state index in [0.29, 0.717) is 28.5 Å². The molecule has 2 heterocycles. The van der Waals surface area contributed by atoms with Crippen LogP contribution < -0.4 is 0 Å². The first kappa shape index (κ1) is 18.3. The van der Waals surface area contributed by atoms with Crippen LogP contribution >= 0.6 is 0 Å². The van der Waals surface area contributed by atoms with E-state index in [-0.39, 0.29) is 17.6 Å². The summed E-state index contributed by atoms with van der Waals surface area (Å²) in [6, 6.07) is 13.1. The molecule has 0 saturated carbocycles. The Morgan fingerprint density at radius 3 is 2.36 bits per heavy atom. The summed E-state index contributed by atoms with van der Waals surface area (Å²) in [6.45, 7) is 3.91. The van der Waals surface area contributed by atoms with Crippen LogP contribution in [0.25, 0.3) is 10.9 Å². The van der Waals surface area contributed by atoms with Crippen LogP contribution in [0.3, 0.4) is 0 Å². The molecule has 0 N–H and O–H groups in total. The number of pyridine rings is 1. The van der Waals surface area contributed by atoms with Gasteiger partial charge in [0.05, 0.1) is 17.2 Å². The third kappa shape index (κ3) is 2.87. The van der Waals surface area contributed by atoms with E-state index in [1.54, 1.807) is 36.4 Å². The summed E-state index contributed by atoms with van der Waals surface area (Å²) in [6.07, 6.45) is 2.54. The molecular weight excluding hydrogens is 355 g/mol. The number of imide groups is 1. The molecule has 0 fully saturated rings. The first-order valence-electron chi connectivity index (χ1n) is 9.58. The van der Waals surface area contributed by atoms with E-state index in [1.165, 1.54) is 11.0 Å². The molecule has 2 aromatic carbocycles. The minimum Gasteiger partial charge on any atom is -0.269 e. The summed E-state index contributed by atoms with van der Waals surface area (Å²) in [5, 5.41) is 0.665. The van der Waals surface area contributed by atoms with Gasteiger partial charge < -0.3 is 0 Å². The zero-order valence-corrected chi connectivity index (χ0v) is 15.9. The Labute approximate surface area is 163 Å². The summed E-state index contributed by atoms with van der Waals surface area (Å²) >= 11 is 0. The van der Waals surface area contributed by atoms with Crippen molar-refractivity contribution in [3.8, 4) is 0 Å². The van der Waals surface area contributed by atoms with Gasteiger partial charge in [-0.25, -0.2) is 9.37 Å². The fourth-order valence-corrected chi connectivity index (χ4v) is 3.82. The predicted octanol–water partition coefficient (Wildman–Crippen LogP) is 5.07. The second-order valence-corrected chi connectivity index (χ2v) is 7.14. The van der Waals surface area contributed by atoms with Gasteiger partial charge in [-0.2, -0.15) is 0 Å². The maximum absolute atomic E-state index is 14.2. The van der Waals surface area contributed by atoms with Crippen LogP contribution in [0.5, 0.6) is 0 Å². The van der Waals surface area contributed by atoms with Crippen molar-refractivity contribution in [2.45, 2.75) is 39.2 Å². The lowest BCUT2D eigenvalue weighted by atomic mass is 9.99. The van der Waals surface area contributed by atoms with E-state index < -0.39 is 6.04 Å². The fourth-order valence-electron chi connectivity index (χ4n) is 3.82. The number of aryl methyl sites for hydroxylation is 1. The minimum atomic E-state index is -0.487. The van der Waals surface area contributed by atoms with Crippen LogP contribution in [0.2, 0.25) is 0 Å². The lowest BCUT2D eigenvalue weighted by molar-refractivity contribution is 0.0594. The zero-order valence-electron chi connectivity index (χ0n) is 15.9. The molecule has 2 amide bonds. The smallest absolute Gasteiger partial charge is 0.262 e. The topological polar surface area (TPSA) is 50.3 Å². The molecular formula is C23H21FN2O2. The van der Waals surface area contributed by atoms with E-state index in [2.05, 4.69) is 11.9 Å². The van der Waals surface area contributed by atoms with E-state index in [9.17, 15) is 14.0 Å². The number of fused-ring (bicyclic) bond motifs is 2. The summed E-state index contributed by atoms with van der Waals surface area (Å²) in [7, 11) is 0. The number of unbranched alkanes of at least 4 members (excludes halogenated alkanes) is 1. The number of rotatable bonds is 5. The summed E-state index contributed by atoms with van der Waals surface area (Å²) < 4.78 is 14.2.